The number of hydrogen-bond acceptors (Lipinski definition) is 3. The summed E-state index contributed by atoms with van der Waals surface area (Å²) >= 11 is 6.05. The Bertz CT molecular complexity index is 769. The quantitative estimate of drug-likeness (QED) is 0.689. The number of fused-ring (bicyclic) bond motifs is 4. The molecule has 20 heavy (non-hydrogen) atoms. The zero-order chi connectivity index (χ0) is 13.9. The minimum Gasteiger partial charge on any atom is -0.325 e. The molecule has 0 aliphatic carbocycles. The molecule has 3 heterocycles. The molecule has 2 aliphatic rings. The van der Waals surface area contributed by atoms with Gasteiger partial charge in [0.2, 0.25) is 11.8 Å². The van der Waals surface area contributed by atoms with Gasteiger partial charge in [0, 0.05) is 22.7 Å². The van der Waals surface area contributed by atoms with E-state index in [0.29, 0.717) is 27.7 Å². The van der Waals surface area contributed by atoms with Crippen LogP contribution >= 0.6 is 11.6 Å². The van der Waals surface area contributed by atoms with E-state index in [4.69, 9.17) is 11.6 Å². The molecule has 1 atom stereocenters. The zero-order valence-electron chi connectivity index (χ0n) is 10.2. The van der Waals surface area contributed by atoms with Crippen LogP contribution in [0.25, 0.3) is 0 Å². The predicted octanol–water partition coefficient (Wildman–Crippen LogP) is 1.64. The Morgan fingerprint density at radius 1 is 1.20 bits per heavy atom. The number of aromatic nitrogens is 2. The molecule has 6 nitrogen and oxygen atoms in total. The Morgan fingerprint density at radius 2 is 2.05 bits per heavy atom. The predicted molar refractivity (Wildman–Crippen MR) is 72.7 cm³/mol. The maximum Gasteiger partial charge on any atom is 0.240 e. The van der Waals surface area contributed by atoms with E-state index in [1.807, 2.05) is 0 Å². The average Bonchev–Trinajstić information content (AvgIpc) is 2.96. The fraction of sp³-hybridized carbons (Fsp3) is 0.154. The van der Waals surface area contributed by atoms with Crippen LogP contribution in [0.1, 0.15) is 17.5 Å². The lowest BCUT2D eigenvalue weighted by atomic mass is 9.72. The topological polar surface area (TPSA) is 86.9 Å². The fourth-order valence-electron chi connectivity index (χ4n) is 3.00. The zero-order valence-corrected chi connectivity index (χ0v) is 10.9. The van der Waals surface area contributed by atoms with Crippen LogP contribution in [0.4, 0.5) is 11.5 Å². The molecule has 1 spiro atoms. The third kappa shape index (κ3) is 1.26. The van der Waals surface area contributed by atoms with E-state index < -0.39 is 5.41 Å². The molecule has 1 unspecified atom stereocenters. The third-order valence-electron chi connectivity index (χ3n) is 3.87. The molecule has 0 fully saturated rings. The van der Waals surface area contributed by atoms with Gasteiger partial charge in [0.15, 0.2) is 0 Å². The van der Waals surface area contributed by atoms with Crippen molar-refractivity contribution in [2.45, 2.75) is 11.8 Å². The SMILES string of the molecule is O=C1CC2(C(=O)Nc3ccc(Cl)cc32)c2cn[nH]c2N1. The van der Waals surface area contributed by atoms with Gasteiger partial charge in [0.1, 0.15) is 11.2 Å². The molecule has 7 heteroatoms. The van der Waals surface area contributed by atoms with Crippen LogP contribution in [0.15, 0.2) is 24.4 Å². The van der Waals surface area contributed by atoms with Crippen LogP contribution in [0.3, 0.4) is 0 Å². The number of H-pyrrole nitrogens is 1. The molecule has 0 saturated heterocycles. The summed E-state index contributed by atoms with van der Waals surface area (Å²) in [5, 5.41) is 12.7. The van der Waals surface area contributed by atoms with Crippen molar-refractivity contribution in [1.82, 2.24) is 10.2 Å². The Kier molecular flexibility index (Phi) is 2.07. The second-order valence-electron chi connectivity index (χ2n) is 4.93. The van der Waals surface area contributed by atoms with Crippen molar-refractivity contribution in [1.29, 1.82) is 0 Å². The van der Waals surface area contributed by atoms with Gasteiger partial charge in [-0.2, -0.15) is 5.10 Å². The minimum absolute atomic E-state index is 0.0404. The Balaban J connectivity index is 2.05. The summed E-state index contributed by atoms with van der Waals surface area (Å²) in [5.74, 6) is 0.00113. The van der Waals surface area contributed by atoms with E-state index in [1.165, 1.54) is 0 Å². The van der Waals surface area contributed by atoms with E-state index in [-0.39, 0.29) is 18.2 Å². The summed E-state index contributed by atoms with van der Waals surface area (Å²) in [6.07, 6.45) is 1.61. The van der Waals surface area contributed by atoms with Crippen molar-refractivity contribution < 1.29 is 9.59 Å². The molecule has 2 aliphatic heterocycles. The maximum absolute atomic E-state index is 12.5. The minimum atomic E-state index is -1.05. The lowest BCUT2D eigenvalue weighted by molar-refractivity contribution is -0.125. The first kappa shape index (κ1) is 11.5. The summed E-state index contributed by atoms with van der Waals surface area (Å²) in [7, 11) is 0. The van der Waals surface area contributed by atoms with E-state index in [9.17, 15) is 9.59 Å². The molecule has 1 aromatic heterocycles. The lowest BCUT2D eigenvalue weighted by Gasteiger charge is -2.30. The van der Waals surface area contributed by atoms with Crippen LogP contribution in [-0.2, 0) is 15.0 Å². The molecule has 2 amide bonds. The summed E-state index contributed by atoms with van der Waals surface area (Å²) in [5.41, 5.74) is 1.01. The number of benzene rings is 1. The van der Waals surface area contributed by atoms with Crippen molar-refractivity contribution in [3.8, 4) is 0 Å². The van der Waals surface area contributed by atoms with Gasteiger partial charge in [-0.3, -0.25) is 14.7 Å². The highest BCUT2D eigenvalue weighted by Gasteiger charge is 2.53. The summed E-state index contributed by atoms with van der Waals surface area (Å²) < 4.78 is 0. The van der Waals surface area contributed by atoms with Gasteiger partial charge in [0.05, 0.1) is 6.20 Å². The number of anilines is 2. The Hall–Kier alpha value is -2.34. The van der Waals surface area contributed by atoms with E-state index in [2.05, 4.69) is 20.8 Å². The molecule has 4 rings (SSSR count). The normalized spacial score (nSPS) is 23.2. The first-order valence-corrected chi connectivity index (χ1v) is 6.44. The number of nitrogens with zero attached hydrogens (tertiary/aromatic N) is 1. The monoisotopic (exact) mass is 288 g/mol. The summed E-state index contributed by atoms with van der Waals surface area (Å²) in [4.78, 5) is 24.5. The lowest BCUT2D eigenvalue weighted by Crippen LogP contribution is -2.43. The Labute approximate surface area is 118 Å². The van der Waals surface area contributed by atoms with Gasteiger partial charge in [-0.05, 0) is 23.8 Å². The first-order valence-electron chi connectivity index (χ1n) is 6.06. The molecule has 0 bridgehead atoms. The summed E-state index contributed by atoms with van der Waals surface area (Å²) in [6.45, 7) is 0. The molecule has 0 saturated carbocycles. The van der Waals surface area contributed by atoms with Gasteiger partial charge in [-0.25, -0.2) is 0 Å². The maximum atomic E-state index is 12.5. The molecular weight excluding hydrogens is 280 g/mol. The average molecular weight is 289 g/mol. The molecule has 0 radical (unpaired) electrons. The highest BCUT2D eigenvalue weighted by molar-refractivity contribution is 6.31. The smallest absolute Gasteiger partial charge is 0.240 e. The number of aromatic amines is 1. The van der Waals surface area contributed by atoms with E-state index >= 15 is 0 Å². The van der Waals surface area contributed by atoms with Crippen molar-refractivity contribution >= 4 is 34.9 Å². The van der Waals surface area contributed by atoms with Crippen molar-refractivity contribution in [3.05, 3.63) is 40.5 Å². The van der Waals surface area contributed by atoms with E-state index in [1.54, 1.807) is 24.4 Å². The van der Waals surface area contributed by atoms with Gasteiger partial charge >= 0.3 is 0 Å². The van der Waals surface area contributed by atoms with Crippen LogP contribution in [-0.4, -0.2) is 22.0 Å². The van der Waals surface area contributed by atoms with Crippen LogP contribution in [0.2, 0.25) is 5.02 Å². The Morgan fingerprint density at radius 3 is 2.90 bits per heavy atom. The van der Waals surface area contributed by atoms with Crippen LogP contribution in [0.5, 0.6) is 0 Å². The second kappa shape index (κ2) is 3.61. The highest BCUT2D eigenvalue weighted by Crippen LogP contribution is 2.49. The third-order valence-corrected chi connectivity index (χ3v) is 4.10. The molecule has 2 aromatic rings. The second-order valence-corrected chi connectivity index (χ2v) is 5.37. The van der Waals surface area contributed by atoms with Gasteiger partial charge in [0.25, 0.3) is 0 Å². The molecule has 100 valence electrons. The van der Waals surface area contributed by atoms with Crippen molar-refractivity contribution in [2.75, 3.05) is 10.6 Å². The number of hydrogen-bond donors (Lipinski definition) is 3. The number of carbonyl (C=O) groups is 2. The first-order chi connectivity index (χ1) is 9.61. The highest BCUT2D eigenvalue weighted by atomic mass is 35.5. The molecule has 3 N–H and O–H groups in total. The van der Waals surface area contributed by atoms with Gasteiger partial charge < -0.3 is 10.6 Å². The fourth-order valence-corrected chi connectivity index (χ4v) is 3.17. The number of halogens is 1. The van der Waals surface area contributed by atoms with Crippen LogP contribution in [0, 0.1) is 0 Å². The number of rotatable bonds is 0. The number of amides is 2. The van der Waals surface area contributed by atoms with Crippen molar-refractivity contribution in [3.63, 3.8) is 0 Å². The number of nitrogens with one attached hydrogen (secondary N) is 3. The standard InChI is InChI=1S/C13H9ClN4O2/c14-6-1-2-9-7(3-6)13(12(20)16-9)4-10(19)17-11-8(13)5-15-18-11/h1-3,5H,4H2,(H,16,20)(H2,15,17,18,19). The van der Waals surface area contributed by atoms with Crippen molar-refractivity contribution in [2.24, 2.45) is 0 Å². The van der Waals surface area contributed by atoms with Gasteiger partial charge in [-0.1, -0.05) is 11.6 Å². The van der Waals surface area contributed by atoms with Gasteiger partial charge in [-0.15, -0.1) is 0 Å². The van der Waals surface area contributed by atoms with Crippen LogP contribution < -0.4 is 10.6 Å². The number of carbonyl (C=O) groups excluding carboxylic acids is 2. The largest absolute Gasteiger partial charge is 0.325 e. The van der Waals surface area contributed by atoms with E-state index in [0.717, 1.165) is 0 Å². The summed E-state index contributed by atoms with van der Waals surface area (Å²) in [6, 6.07) is 5.18. The molecule has 1 aromatic carbocycles. The molecular formula is C13H9ClN4O2.